The molecule has 2 amide bonds. The summed E-state index contributed by atoms with van der Waals surface area (Å²) in [5, 5.41) is 10.0. The normalized spacial score (nSPS) is 16.0. The third-order valence-corrected chi connectivity index (χ3v) is 3.19. The van der Waals surface area contributed by atoms with Crippen LogP contribution in [0, 0.1) is 0 Å². The Morgan fingerprint density at radius 3 is 2.43 bits per heavy atom. The second-order valence-electron chi connectivity index (χ2n) is 5.24. The SMILES string of the molecule is CCOCC(O)COCCCCCC(=O)ON1C(=O)CCC1=O. The average Bonchev–Trinajstić information content (AvgIpc) is 2.83. The number of hydrogen-bond donors (Lipinski definition) is 1. The topological polar surface area (TPSA) is 102 Å². The maximum Gasteiger partial charge on any atom is 0.333 e. The van der Waals surface area contributed by atoms with Crippen molar-refractivity contribution in [2.75, 3.05) is 26.4 Å². The van der Waals surface area contributed by atoms with Gasteiger partial charge in [-0.15, -0.1) is 5.06 Å². The fraction of sp³-hybridized carbons (Fsp3) is 0.800. The van der Waals surface area contributed by atoms with Crippen LogP contribution in [0.4, 0.5) is 0 Å². The average molecular weight is 331 g/mol. The van der Waals surface area contributed by atoms with Gasteiger partial charge in [-0.25, -0.2) is 4.79 Å². The van der Waals surface area contributed by atoms with Gasteiger partial charge in [-0.2, -0.15) is 0 Å². The molecule has 0 aromatic carbocycles. The lowest BCUT2D eigenvalue weighted by Crippen LogP contribution is -2.31. The Morgan fingerprint density at radius 2 is 1.78 bits per heavy atom. The van der Waals surface area contributed by atoms with Gasteiger partial charge in [-0.05, 0) is 19.8 Å². The molecule has 0 aromatic heterocycles. The molecule has 0 spiro atoms. The zero-order valence-electron chi connectivity index (χ0n) is 13.5. The molecule has 8 nitrogen and oxygen atoms in total. The standard InChI is InChI=1S/C15H25NO7/c1-2-21-10-12(17)11-22-9-5-3-4-6-15(20)23-16-13(18)7-8-14(16)19/h12,17H,2-11H2,1H3. The van der Waals surface area contributed by atoms with Crippen molar-refractivity contribution in [3.8, 4) is 0 Å². The van der Waals surface area contributed by atoms with E-state index in [1.54, 1.807) is 0 Å². The monoisotopic (exact) mass is 331 g/mol. The number of unbranched alkanes of at least 4 members (excludes halogenated alkanes) is 2. The molecule has 1 saturated heterocycles. The van der Waals surface area contributed by atoms with Crippen LogP contribution in [0.15, 0.2) is 0 Å². The van der Waals surface area contributed by atoms with E-state index in [0.717, 1.165) is 12.8 Å². The number of amides is 2. The van der Waals surface area contributed by atoms with Gasteiger partial charge >= 0.3 is 5.97 Å². The Bertz CT molecular complexity index is 383. The van der Waals surface area contributed by atoms with Crippen molar-refractivity contribution in [1.29, 1.82) is 0 Å². The summed E-state index contributed by atoms with van der Waals surface area (Å²) < 4.78 is 10.3. The van der Waals surface area contributed by atoms with E-state index in [1.165, 1.54) is 0 Å². The van der Waals surface area contributed by atoms with Gasteiger partial charge < -0.3 is 19.4 Å². The molecule has 1 aliphatic heterocycles. The second kappa shape index (κ2) is 11.1. The number of ether oxygens (including phenoxy) is 2. The molecule has 0 saturated carbocycles. The van der Waals surface area contributed by atoms with Gasteiger partial charge in [-0.3, -0.25) is 9.59 Å². The predicted octanol–water partition coefficient (Wildman–Crippen LogP) is 0.568. The highest BCUT2D eigenvalue weighted by atomic mass is 16.7. The summed E-state index contributed by atoms with van der Waals surface area (Å²) in [6.07, 6.45) is 1.79. The maximum absolute atomic E-state index is 11.5. The van der Waals surface area contributed by atoms with Gasteiger partial charge in [0.15, 0.2) is 0 Å². The molecule has 1 rings (SSSR count). The minimum Gasteiger partial charge on any atom is -0.388 e. The highest BCUT2D eigenvalue weighted by Gasteiger charge is 2.32. The fourth-order valence-corrected chi connectivity index (χ4v) is 1.98. The highest BCUT2D eigenvalue weighted by molar-refractivity contribution is 6.01. The number of hydroxylamine groups is 2. The van der Waals surface area contributed by atoms with Crippen molar-refractivity contribution >= 4 is 17.8 Å². The molecule has 1 fully saturated rings. The van der Waals surface area contributed by atoms with E-state index in [1.807, 2.05) is 6.92 Å². The van der Waals surface area contributed by atoms with Crippen LogP contribution < -0.4 is 0 Å². The molecule has 0 aromatic rings. The van der Waals surface area contributed by atoms with Gasteiger partial charge in [0.25, 0.3) is 11.8 Å². The summed E-state index contributed by atoms with van der Waals surface area (Å²) in [5.41, 5.74) is 0. The van der Waals surface area contributed by atoms with Crippen LogP contribution in [-0.2, 0) is 28.7 Å². The van der Waals surface area contributed by atoms with Crippen molar-refractivity contribution in [3.05, 3.63) is 0 Å². The van der Waals surface area contributed by atoms with Crippen LogP contribution >= 0.6 is 0 Å². The first-order chi connectivity index (χ1) is 11.0. The lowest BCUT2D eigenvalue weighted by molar-refractivity contribution is -0.197. The largest absolute Gasteiger partial charge is 0.388 e. The van der Waals surface area contributed by atoms with Crippen LogP contribution in [0.5, 0.6) is 0 Å². The molecule has 132 valence electrons. The highest BCUT2D eigenvalue weighted by Crippen LogP contribution is 2.13. The summed E-state index contributed by atoms with van der Waals surface area (Å²) in [6.45, 7) is 3.38. The van der Waals surface area contributed by atoms with Crippen LogP contribution in [-0.4, -0.2) is 60.5 Å². The predicted molar refractivity (Wildman–Crippen MR) is 79.0 cm³/mol. The molecule has 8 heteroatoms. The molecule has 23 heavy (non-hydrogen) atoms. The molecule has 1 N–H and O–H groups in total. The molecular weight excluding hydrogens is 306 g/mol. The number of imide groups is 1. The van der Waals surface area contributed by atoms with Crippen LogP contribution in [0.25, 0.3) is 0 Å². The first-order valence-corrected chi connectivity index (χ1v) is 7.94. The van der Waals surface area contributed by atoms with E-state index in [-0.39, 0.29) is 32.5 Å². The smallest absolute Gasteiger partial charge is 0.333 e. The van der Waals surface area contributed by atoms with Crippen LogP contribution in [0.1, 0.15) is 45.4 Å². The third kappa shape index (κ3) is 8.06. The molecule has 1 aliphatic rings. The minimum absolute atomic E-state index is 0.0958. The van der Waals surface area contributed by atoms with Gasteiger partial charge in [0, 0.05) is 32.5 Å². The van der Waals surface area contributed by atoms with Crippen molar-refractivity contribution in [1.82, 2.24) is 5.06 Å². The molecule has 0 bridgehead atoms. The summed E-state index contributed by atoms with van der Waals surface area (Å²) in [4.78, 5) is 38.8. The molecule has 1 heterocycles. The van der Waals surface area contributed by atoms with Gasteiger partial charge in [0.05, 0.1) is 13.2 Å². The van der Waals surface area contributed by atoms with Gasteiger partial charge in [-0.1, -0.05) is 6.42 Å². The third-order valence-electron chi connectivity index (χ3n) is 3.19. The molecular formula is C15H25NO7. The molecule has 1 unspecified atom stereocenters. The van der Waals surface area contributed by atoms with E-state index in [9.17, 15) is 19.5 Å². The lowest BCUT2D eigenvalue weighted by atomic mass is 10.2. The Labute approximate surface area is 135 Å². The lowest BCUT2D eigenvalue weighted by Gasteiger charge is -2.12. The first kappa shape index (κ1) is 19.5. The number of carbonyl (C=O) groups excluding carboxylic acids is 3. The number of aliphatic hydroxyl groups excluding tert-OH is 1. The van der Waals surface area contributed by atoms with Crippen molar-refractivity contribution in [2.24, 2.45) is 0 Å². The number of carbonyl (C=O) groups is 3. The zero-order valence-corrected chi connectivity index (χ0v) is 13.5. The summed E-state index contributed by atoms with van der Waals surface area (Å²) >= 11 is 0. The van der Waals surface area contributed by atoms with Crippen molar-refractivity contribution in [2.45, 2.75) is 51.6 Å². The molecule has 0 aliphatic carbocycles. The Kier molecular flexibility index (Phi) is 9.42. The van der Waals surface area contributed by atoms with Crippen LogP contribution in [0.2, 0.25) is 0 Å². The summed E-state index contributed by atoms with van der Waals surface area (Å²) in [7, 11) is 0. The zero-order chi connectivity index (χ0) is 17.1. The van der Waals surface area contributed by atoms with Gasteiger partial charge in [0.2, 0.25) is 0 Å². The quantitative estimate of drug-likeness (QED) is 0.412. The Morgan fingerprint density at radius 1 is 1.13 bits per heavy atom. The van der Waals surface area contributed by atoms with E-state index in [0.29, 0.717) is 24.7 Å². The summed E-state index contributed by atoms with van der Waals surface area (Å²) in [6, 6.07) is 0. The Balaban J connectivity index is 1.97. The molecule has 0 radical (unpaired) electrons. The number of rotatable bonds is 12. The number of hydrogen-bond acceptors (Lipinski definition) is 7. The molecule has 1 atom stereocenters. The number of nitrogens with zero attached hydrogens (tertiary/aromatic N) is 1. The van der Waals surface area contributed by atoms with E-state index in [4.69, 9.17) is 14.3 Å². The fourth-order valence-electron chi connectivity index (χ4n) is 1.98. The van der Waals surface area contributed by atoms with E-state index >= 15 is 0 Å². The first-order valence-electron chi connectivity index (χ1n) is 7.94. The van der Waals surface area contributed by atoms with Crippen LogP contribution in [0.3, 0.4) is 0 Å². The van der Waals surface area contributed by atoms with E-state index < -0.39 is 23.9 Å². The minimum atomic E-state index is -0.625. The second-order valence-corrected chi connectivity index (χ2v) is 5.24. The summed E-state index contributed by atoms with van der Waals surface area (Å²) in [5.74, 6) is -1.52. The Hall–Kier alpha value is -1.51. The van der Waals surface area contributed by atoms with E-state index in [2.05, 4.69) is 0 Å². The van der Waals surface area contributed by atoms with Gasteiger partial charge in [0.1, 0.15) is 6.10 Å². The number of aliphatic hydroxyl groups is 1. The van der Waals surface area contributed by atoms with Crippen molar-refractivity contribution < 1.29 is 33.8 Å². The maximum atomic E-state index is 11.5. The van der Waals surface area contributed by atoms with Crippen molar-refractivity contribution in [3.63, 3.8) is 0 Å².